The molecule has 0 spiro atoms. The van der Waals surface area contributed by atoms with Gasteiger partial charge in [-0.05, 0) is 51.0 Å². The number of ether oxygens (including phenoxy) is 2. The molecule has 0 aliphatic carbocycles. The van der Waals surface area contributed by atoms with E-state index >= 15 is 0 Å². The van der Waals surface area contributed by atoms with Crippen molar-refractivity contribution in [2.75, 3.05) is 7.11 Å². The smallest absolute Gasteiger partial charge is 0.337 e. The first kappa shape index (κ1) is 23.3. The van der Waals surface area contributed by atoms with E-state index in [-0.39, 0.29) is 30.9 Å². The molecule has 32 heavy (non-hydrogen) atoms. The van der Waals surface area contributed by atoms with Crippen LogP contribution in [0.5, 0.6) is 0 Å². The predicted molar refractivity (Wildman–Crippen MR) is 121 cm³/mol. The number of hydrogen-bond acceptors (Lipinski definition) is 5. The predicted octanol–water partition coefficient (Wildman–Crippen LogP) is 4.52. The summed E-state index contributed by atoms with van der Waals surface area (Å²) in [6, 6.07) is 14.8. The molecule has 168 valence electrons. The number of rotatable bonds is 6. The summed E-state index contributed by atoms with van der Waals surface area (Å²) in [6.45, 7) is 7.62. The Morgan fingerprint density at radius 3 is 2.44 bits per heavy atom. The summed E-state index contributed by atoms with van der Waals surface area (Å²) < 4.78 is 10.3. The Bertz CT molecular complexity index is 1070. The molecule has 0 saturated heterocycles. The zero-order valence-corrected chi connectivity index (χ0v) is 19.2. The van der Waals surface area contributed by atoms with Crippen LogP contribution in [0.2, 0.25) is 0 Å². The van der Waals surface area contributed by atoms with Crippen molar-refractivity contribution in [3.05, 3.63) is 82.1 Å². The molecule has 0 bridgehead atoms. The van der Waals surface area contributed by atoms with Crippen molar-refractivity contribution in [1.29, 1.82) is 0 Å². The van der Waals surface area contributed by atoms with Gasteiger partial charge in [0.2, 0.25) is 5.91 Å². The van der Waals surface area contributed by atoms with E-state index < -0.39 is 11.9 Å². The number of allylic oxidation sites excluding steroid dienone is 1. The second kappa shape index (κ2) is 9.81. The first-order valence-corrected chi connectivity index (χ1v) is 10.7. The molecule has 6 heteroatoms. The van der Waals surface area contributed by atoms with Crippen LogP contribution in [0.3, 0.4) is 0 Å². The molecule has 1 atom stereocenters. The van der Waals surface area contributed by atoms with Crippen LogP contribution in [-0.4, -0.2) is 36.0 Å². The lowest BCUT2D eigenvalue weighted by molar-refractivity contribution is -0.143. The van der Waals surface area contributed by atoms with Crippen molar-refractivity contribution in [3.63, 3.8) is 0 Å². The quantitative estimate of drug-likeness (QED) is 0.624. The van der Waals surface area contributed by atoms with Gasteiger partial charge in [-0.15, -0.1) is 0 Å². The SMILES string of the molecule is COC(=O)c1cccc(CN2C(=O)C[C@@H](c3cccc(C)c3)C(C(=O)OC(C)C)=C2C)c1. The molecule has 1 heterocycles. The standard InChI is InChI=1S/C26H29NO5/c1-16(2)32-26(30)24-18(4)27(15-19-9-7-11-21(13-19)25(29)31-5)23(28)14-22(24)20-10-6-8-17(3)12-20/h6-13,16,22H,14-15H2,1-5H3/t22-/m0/s1. The van der Waals surface area contributed by atoms with E-state index in [2.05, 4.69) is 0 Å². The monoisotopic (exact) mass is 435 g/mol. The fraction of sp³-hybridized carbons (Fsp3) is 0.346. The number of hydrogen-bond donors (Lipinski definition) is 0. The third-order valence-corrected chi connectivity index (χ3v) is 5.52. The molecule has 2 aromatic rings. The number of benzene rings is 2. The van der Waals surface area contributed by atoms with Crippen molar-refractivity contribution >= 4 is 17.8 Å². The topological polar surface area (TPSA) is 72.9 Å². The highest BCUT2D eigenvalue weighted by atomic mass is 16.5. The molecule has 0 unspecified atom stereocenters. The highest BCUT2D eigenvalue weighted by Crippen LogP contribution is 2.38. The molecule has 0 fully saturated rings. The van der Waals surface area contributed by atoms with Crippen molar-refractivity contribution in [1.82, 2.24) is 4.90 Å². The Kier molecular flexibility index (Phi) is 7.13. The molecule has 0 aromatic heterocycles. The van der Waals surface area contributed by atoms with Gasteiger partial charge in [0.15, 0.2) is 0 Å². The van der Waals surface area contributed by atoms with Crippen LogP contribution >= 0.6 is 0 Å². The van der Waals surface area contributed by atoms with E-state index in [1.165, 1.54) is 7.11 Å². The van der Waals surface area contributed by atoms with Gasteiger partial charge in [0, 0.05) is 18.0 Å². The Balaban J connectivity index is 2.02. The molecule has 0 radical (unpaired) electrons. The minimum absolute atomic E-state index is 0.0847. The molecule has 1 amide bonds. The summed E-state index contributed by atoms with van der Waals surface area (Å²) in [7, 11) is 1.33. The number of amides is 1. The molecule has 2 aromatic carbocycles. The van der Waals surface area contributed by atoms with Gasteiger partial charge in [0.1, 0.15) is 0 Å². The van der Waals surface area contributed by atoms with Crippen LogP contribution in [0.4, 0.5) is 0 Å². The number of carbonyl (C=O) groups is 3. The summed E-state index contributed by atoms with van der Waals surface area (Å²) in [5.41, 5.74) is 4.22. The van der Waals surface area contributed by atoms with E-state index in [1.54, 1.807) is 43.9 Å². The number of esters is 2. The van der Waals surface area contributed by atoms with Gasteiger partial charge >= 0.3 is 11.9 Å². The van der Waals surface area contributed by atoms with Crippen molar-refractivity contribution in [2.24, 2.45) is 0 Å². The maximum Gasteiger partial charge on any atom is 0.337 e. The minimum Gasteiger partial charge on any atom is -0.465 e. The normalized spacial score (nSPS) is 16.4. The lowest BCUT2D eigenvalue weighted by Gasteiger charge is -2.35. The van der Waals surface area contributed by atoms with Crippen LogP contribution in [0.25, 0.3) is 0 Å². The van der Waals surface area contributed by atoms with Gasteiger partial charge in [0.25, 0.3) is 0 Å². The van der Waals surface area contributed by atoms with Gasteiger partial charge in [-0.25, -0.2) is 9.59 Å². The summed E-state index contributed by atoms with van der Waals surface area (Å²) in [5, 5.41) is 0. The van der Waals surface area contributed by atoms with Gasteiger partial charge in [0.05, 0.1) is 30.9 Å². The highest BCUT2D eigenvalue weighted by molar-refractivity contribution is 5.96. The summed E-state index contributed by atoms with van der Waals surface area (Å²) in [6.07, 6.45) is -0.108. The summed E-state index contributed by atoms with van der Waals surface area (Å²) in [5.74, 6) is -1.31. The van der Waals surface area contributed by atoms with Crippen molar-refractivity contribution < 1.29 is 23.9 Å². The fourth-order valence-corrected chi connectivity index (χ4v) is 4.01. The third-order valence-electron chi connectivity index (χ3n) is 5.52. The fourth-order valence-electron chi connectivity index (χ4n) is 4.01. The zero-order valence-electron chi connectivity index (χ0n) is 19.2. The second-order valence-corrected chi connectivity index (χ2v) is 8.30. The molecule has 0 saturated carbocycles. The molecular weight excluding hydrogens is 406 g/mol. The van der Waals surface area contributed by atoms with Crippen LogP contribution in [0, 0.1) is 6.92 Å². The average Bonchev–Trinajstić information content (AvgIpc) is 2.75. The molecule has 3 rings (SSSR count). The summed E-state index contributed by atoms with van der Waals surface area (Å²) in [4.78, 5) is 39.8. The summed E-state index contributed by atoms with van der Waals surface area (Å²) >= 11 is 0. The zero-order chi connectivity index (χ0) is 23.4. The van der Waals surface area contributed by atoms with Crippen molar-refractivity contribution in [2.45, 2.75) is 52.7 Å². The molecule has 1 aliphatic heterocycles. The first-order valence-electron chi connectivity index (χ1n) is 10.7. The maximum absolute atomic E-state index is 13.2. The van der Waals surface area contributed by atoms with Crippen LogP contribution in [0.15, 0.2) is 59.8 Å². The Labute approximate surface area is 188 Å². The van der Waals surface area contributed by atoms with E-state index in [4.69, 9.17) is 9.47 Å². The van der Waals surface area contributed by atoms with E-state index in [0.29, 0.717) is 16.8 Å². The second-order valence-electron chi connectivity index (χ2n) is 8.30. The Morgan fingerprint density at radius 1 is 1.06 bits per heavy atom. The average molecular weight is 436 g/mol. The van der Waals surface area contributed by atoms with E-state index in [9.17, 15) is 14.4 Å². The van der Waals surface area contributed by atoms with Crippen LogP contribution in [-0.2, 0) is 25.6 Å². The minimum atomic E-state index is -0.440. The van der Waals surface area contributed by atoms with Crippen molar-refractivity contribution in [3.8, 4) is 0 Å². The van der Waals surface area contributed by atoms with Gasteiger partial charge in [-0.2, -0.15) is 0 Å². The Morgan fingerprint density at radius 2 is 1.78 bits per heavy atom. The number of aryl methyl sites for hydroxylation is 1. The molecular formula is C26H29NO5. The lowest BCUT2D eigenvalue weighted by atomic mass is 9.83. The van der Waals surface area contributed by atoms with Gasteiger partial charge < -0.3 is 14.4 Å². The van der Waals surface area contributed by atoms with Crippen LogP contribution < -0.4 is 0 Å². The van der Waals surface area contributed by atoms with Gasteiger partial charge in [-0.3, -0.25) is 4.79 Å². The van der Waals surface area contributed by atoms with Gasteiger partial charge in [-0.1, -0.05) is 42.0 Å². The first-order chi connectivity index (χ1) is 15.2. The number of methoxy groups -OCH3 is 1. The highest BCUT2D eigenvalue weighted by Gasteiger charge is 2.37. The third kappa shape index (κ3) is 5.07. The lowest BCUT2D eigenvalue weighted by Crippen LogP contribution is -2.38. The maximum atomic E-state index is 13.2. The number of carbonyl (C=O) groups excluding carboxylic acids is 3. The van der Waals surface area contributed by atoms with Crippen LogP contribution in [0.1, 0.15) is 60.2 Å². The molecule has 0 N–H and O–H groups in total. The van der Waals surface area contributed by atoms with E-state index in [0.717, 1.165) is 16.7 Å². The number of nitrogens with zero attached hydrogens (tertiary/aromatic N) is 1. The van der Waals surface area contributed by atoms with E-state index in [1.807, 2.05) is 37.3 Å². The molecule has 1 aliphatic rings. The molecule has 6 nitrogen and oxygen atoms in total. The Hall–Kier alpha value is -3.41. The largest absolute Gasteiger partial charge is 0.465 e.